The van der Waals surface area contributed by atoms with Gasteiger partial charge in [-0.15, -0.1) is 0 Å². The third kappa shape index (κ3) is 7.89. The standard InChI is InChI=1S/C25H29BrN2O5/c1-2-32-25(31)33-22-10-6-20(7-11-22)24(30)27-17-19-13-15-28(16-14-19)23(29)12-5-18-3-8-21(26)9-4-18/h3-4,6-11,19H,2,5,12-17H2,1H3,(H,27,30). The Morgan fingerprint density at radius 1 is 1.03 bits per heavy atom. The number of hydrogen-bond acceptors (Lipinski definition) is 5. The number of nitrogens with one attached hydrogen (secondary N) is 1. The smallest absolute Gasteiger partial charge is 0.434 e. The van der Waals surface area contributed by atoms with Crippen molar-refractivity contribution < 1.29 is 23.9 Å². The highest BCUT2D eigenvalue weighted by molar-refractivity contribution is 9.10. The van der Waals surface area contributed by atoms with E-state index >= 15 is 0 Å². The fourth-order valence-electron chi connectivity index (χ4n) is 3.70. The van der Waals surface area contributed by atoms with Gasteiger partial charge in [0.25, 0.3) is 5.91 Å². The first-order valence-corrected chi connectivity index (χ1v) is 12.0. The van der Waals surface area contributed by atoms with Crippen LogP contribution in [-0.4, -0.2) is 49.1 Å². The average Bonchev–Trinajstić information content (AvgIpc) is 2.83. The minimum atomic E-state index is -0.771. The van der Waals surface area contributed by atoms with Crippen molar-refractivity contribution in [2.75, 3.05) is 26.2 Å². The van der Waals surface area contributed by atoms with E-state index in [1.54, 1.807) is 31.2 Å². The zero-order chi connectivity index (χ0) is 23.6. The van der Waals surface area contributed by atoms with Gasteiger partial charge in [0.2, 0.25) is 5.91 Å². The molecular weight excluding hydrogens is 488 g/mol. The van der Waals surface area contributed by atoms with Crippen molar-refractivity contribution in [3.63, 3.8) is 0 Å². The molecule has 0 radical (unpaired) electrons. The van der Waals surface area contributed by atoms with Crippen molar-refractivity contribution in [2.45, 2.75) is 32.6 Å². The van der Waals surface area contributed by atoms with Gasteiger partial charge >= 0.3 is 6.16 Å². The molecule has 1 fully saturated rings. The maximum Gasteiger partial charge on any atom is 0.513 e. The molecule has 0 unspecified atom stereocenters. The van der Waals surface area contributed by atoms with Crippen LogP contribution in [-0.2, 0) is 16.0 Å². The van der Waals surface area contributed by atoms with Crippen LogP contribution in [0, 0.1) is 5.92 Å². The average molecular weight is 517 g/mol. The molecule has 33 heavy (non-hydrogen) atoms. The van der Waals surface area contributed by atoms with E-state index in [1.165, 1.54) is 0 Å². The number of ether oxygens (including phenoxy) is 2. The van der Waals surface area contributed by atoms with Crippen LogP contribution in [0.3, 0.4) is 0 Å². The molecule has 0 aromatic heterocycles. The summed E-state index contributed by atoms with van der Waals surface area (Å²) in [7, 11) is 0. The molecule has 8 heteroatoms. The summed E-state index contributed by atoms with van der Waals surface area (Å²) in [5.41, 5.74) is 1.65. The number of piperidine rings is 1. The highest BCUT2D eigenvalue weighted by Crippen LogP contribution is 2.19. The van der Waals surface area contributed by atoms with E-state index < -0.39 is 6.16 Å². The highest BCUT2D eigenvalue weighted by Gasteiger charge is 2.23. The van der Waals surface area contributed by atoms with E-state index in [9.17, 15) is 14.4 Å². The molecule has 1 aliphatic rings. The number of aryl methyl sites for hydroxylation is 1. The summed E-state index contributed by atoms with van der Waals surface area (Å²) in [6.45, 7) is 3.94. The van der Waals surface area contributed by atoms with Crippen LogP contribution < -0.4 is 10.1 Å². The lowest BCUT2D eigenvalue weighted by atomic mass is 9.96. The largest absolute Gasteiger partial charge is 0.513 e. The lowest BCUT2D eigenvalue weighted by Gasteiger charge is -2.32. The molecule has 0 spiro atoms. The van der Waals surface area contributed by atoms with Gasteiger partial charge in [0, 0.05) is 36.1 Å². The summed E-state index contributed by atoms with van der Waals surface area (Å²) in [4.78, 5) is 38.2. The summed E-state index contributed by atoms with van der Waals surface area (Å²) >= 11 is 3.42. The Balaban J connectivity index is 1.36. The number of likely N-dealkylation sites (tertiary alicyclic amines) is 1. The molecule has 2 aromatic rings. The number of carbonyl (C=O) groups excluding carboxylic acids is 3. The van der Waals surface area contributed by atoms with Crippen LogP contribution in [0.2, 0.25) is 0 Å². The van der Waals surface area contributed by atoms with Crippen LogP contribution in [0.15, 0.2) is 53.0 Å². The van der Waals surface area contributed by atoms with Gasteiger partial charge < -0.3 is 19.7 Å². The molecule has 1 heterocycles. The Kier molecular flexibility index (Phi) is 9.30. The normalized spacial score (nSPS) is 13.9. The molecule has 1 N–H and O–H groups in total. The summed E-state index contributed by atoms with van der Waals surface area (Å²) in [5, 5.41) is 2.97. The second kappa shape index (κ2) is 12.4. The van der Waals surface area contributed by atoms with Crippen molar-refractivity contribution in [3.8, 4) is 5.75 Å². The molecule has 2 amide bonds. The second-order valence-electron chi connectivity index (χ2n) is 7.97. The van der Waals surface area contributed by atoms with Gasteiger partial charge in [0.05, 0.1) is 6.61 Å². The quantitative estimate of drug-likeness (QED) is 0.409. The fraction of sp³-hybridized carbons (Fsp3) is 0.400. The minimum Gasteiger partial charge on any atom is -0.434 e. The highest BCUT2D eigenvalue weighted by atomic mass is 79.9. The van der Waals surface area contributed by atoms with Crippen molar-refractivity contribution in [3.05, 3.63) is 64.1 Å². The molecule has 1 aliphatic heterocycles. The van der Waals surface area contributed by atoms with Crippen molar-refractivity contribution in [2.24, 2.45) is 5.92 Å². The SMILES string of the molecule is CCOC(=O)Oc1ccc(C(=O)NCC2CCN(C(=O)CCc3ccc(Br)cc3)CC2)cc1. The number of carbonyl (C=O) groups is 3. The van der Waals surface area contributed by atoms with E-state index in [2.05, 4.69) is 21.2 Å². The molecule has 0 bridgehead atoms. The van der Waals surface area contributed by atoms with Crippen molar-refractivity contribution in [1.82, 2.24) is 10.2 Å². The van der Waals surface area contributed by atoms with Crippen LogP contribution in [0.25, 0.3) is 0 Å². The van der Waals surface area contributed by atoms with Crippen LogP contribution in [0.5, 0.6) is 5.75 Å². The molecule has 3 rings (SSSR count). The summed E-state index contributed by atoms with van der Waals surface area (Å²) in [6.07, 6.45) is 2.23. The van der Waals surface area contributed by atoms with E-state index in [1.807, 2.05) is 29.2 Å². The number of rotatable bonds is 8. The Morgan fingerprint density at radius 3 is 2.33 bits per heavy atom. The van der Waals surface area contributed by atoms with E-state index in [-0.39, 0.29) is 18.4 Å². The lowest BCUT2D eigenvalue weighted by Crippen LogP contribution is -2.41. The first kappa shape index (κ1) is 24.8. The van der Waals surface area contributed by atoms with E-state index in [4.69, 9.17) is 9.47 Å². The third-order valence-corrected chi connectivity index (χ3v) is 6.17. The third-order valence-electron chi connectivity index (χ3n) is 5.64. The molecule has 0 aliphatic carbocycles. The number of halogens is 1. The number of hydrogen-bond donors (Lipinski definition) is 1. The maximum atomic E-state index is 12.5. The Bertz CT molecular complexity index is 938. The predicted molar refractivity (Wildman–Crippen MR) is 128 cm³/mol. The lowest BCUT2D eigenvalue weighted by molar-refractivity contribution is -0.132. The van der Waals surface area contributed by atoms with Gasteiger partial charge in [0.15, 0.2) is 0 Å². The number of amides is 2. The fourth-order valence-corrected chi connectivity index (χ4v) is 3.97. The van der Waals surface area contributed by atoms with Gasteiger partial charge in [-0.2, -0.15) is 0 Å². The topological polar surface area (TPSA) is 84.9 Å². The molecule has 0 atom stereocenters. The maximum absolute atomic E-state index is 12.5. The molecule has 7 nitrogen and oxygen atoms in total. The molecule has 1 saturated heterocycles. The molecule has 176 valence electrons. The first-order chi connectivity index (χ1) is 15.9. The Labute approximate surface area is 202 Å². The minimum absolute atomic E-state index is 0.175. The van der Waals surface area contributed by atoms with Crippen LogP contribution in [0.1, 0.15) is 42.1 Å². The van der Waals surface area contributed by atoms with E-state index in [0.29, 0.717) is 30.2 Å². The summed E-state index contributed by atoms with van der Waals surface area (Å²) in [6, 6.07) is 14.4. The van der Waals surface area contributed by atoms with Crippen molar-refractivity contribution in [1.29, 1.82) is 0 Å². The molecule has 0 saturated carbocycles. The second-order valence-corrected chi connectivity index (χ2v) is 8.89. The number of benzene rings is 2. The summed E-state index contributed by atoms with van der Waals surface area (Å²) < 4.78 is 10.8. The van der Waals surface area contributed by atoms with Crippen molar-refractivity contribution >= 4 is 33.9 Å². The van der Waals surface area contributed by atoms with Crippen LogP contribution in [0.4, 0.5) is 4.79 Å². The van der Waals surface area contributed by atoms with E-state index in [0.717, 1.165) is 42.4 Å². The molecule has 2 aromatic carbocycles. The van der Waals surface area contributed by atoms with Gasteiger partial charge in [-0.1, -0.05) is 28.1 Å². The number of nitrogens with zero attached hydrogens (tertiary/aromatic N) is 1. The molecular formula is C25H29BrN2O5. The van der Waals surface area contributed by atoms with Gasteiger partial charge in [-0.3, -0.25) is 9.59 Å². The van der Waals surface area contributed by atoms with Gasteiger partial charge in [-0.25, -0.2) is 4.79 Å². The zero-order valence-corrected chi connectivity index (χ0v) is 20.3. The Hall–Kier alpha value is -2.87. The monoisotopic (exact) mass is 516 g/mol. The predicted octanol–water partition coefficient (Wildman–Crippen LogP) is 4.59. The van der Waals surface area contributed by atoms with Crippen LogP contribution >= 0.6 is 15.9 Å². The Morgan fingerprint density at radius 2 is 1.70 bits per heavy atom. The van der Waals surface area contributed by atoms with Gasteiger partial charge in [-0.05, 0) is 74.1 Å². The van der Waals surface area contributed by atoms with Gasteiger partial charge in [0.1, 0.15) is 5.75 Å². The zero-order valence-electron chi connectivity index (χ0n) is 18.7. The first-order valence-electron chi connectivity index (χ1n) is 11.2. The summed E-state index contributed by atoms with van der Waals surface area (Å²) in [5.74, 6) is 0.675.